The molecule has 0 aliphatic heterocycles. The summed E-state index contributed by atoms with van der Waals surface area (Å²) in [4.78, 5) is 32.5. The number of benzene rings is 2. The van der Waals surface area contributed by atoms with Gasteiger partial charge in [0.2, 0.25) is 0 Å². The van der Waals surface area contributed by atoms with Gasteiger partial charge in [0.25, 0.3) is 5.56 Å². The first kappa shape index (κ1) is 21.2. The van der Waals surface area contributed by atoms with Gasteiger partial charge in [-0.25, -0.2) is 14.2 Å². The van der Waals surface area contributed by atoms with Gasteiger partial charge in [-0.3, -0.25) is 14.3 Å². The molecule has 0 saturated carbocycles. The van der Waals surface area contributed by atoms with E-state index in [4.69, 9.17) is 0 Å². The number of fused-ring (bicyclic) bond motifs is 1. The molecule has 0 atom stereocenters. The summed E-state index contributed by atoms with van der Waals surface area (Å²) >= 11 is 3.27. The summed E-state index contributed by atoms with van der Waals surface area (Å²) < 4.78 is 18.6. The van der Waals surface area contributed by atoms with E-state index in [1.54, 1.807) is 16.7 Å². The van der Waals surface area contributed by atoms with E-state index >= 15 is 0 Å². The molecule has 1 N–H and O–H groups in total. The van der Waals surface area contributed by atoms with Gasteiger partial charge in [0.05, 0.1) is 12.1 Å². The molecule has 0 aliphatic rings. The number of rotatable bonds is 6. The van der Waals surface area contributed by atoms with Crippen molar-refractivity contribution in [3.63, 3.8) is 0 Å². The van der Waals surface area contributed by atoms with Crippen molar-refractivity contribution in [3.05, 3.63) is 85.2 Å². The standard InChI is InChI=1S/C23H22BrFN4O2/c1-14(2)10-11-28-19-21(26-20(28)17-9-8-16(24)12-18(17)25)29(23(31)27-22(19)30)13-15-6-4-3-5-7-15/h3-9,12,14H,10-11,13H2,1-2H3,(H,27,30,31). The van der Waals surface area contributed by atoms with E-state index in [0.717, 1.165) is 12.0 Å². The van der Waals surface area contributed by atoms with E-state index in [1.165, 1.54) is 10.6 Å². The van der Waals surface area contributed by atoms with E-state index in [1.807, 2.05) is 30.3 Å². The van der Waals surface area contributed by atoms with Crippen molar-refractivity contribution in [1.29, 1.82) is 0 Å². The quantitative estimate of drug-likeness (QED) is 0.436. The van der Waals surface area contributed by atoms with Gasteiger partial charge in [0.15, 0.2) is 11.2 Å². The highest BCUT2D eigenvalue weighted by molar-refractivity contribution is 9.10. The van der Waals surface area contributed by atoms with E-state index in [2.05, 4.69) is 39.7 Å². The first-order chi connectivity index (χ1) is 14.8. The van der Waals surface area contributed by atoms with Crippen LogP contribution in [-0.2, 0) is 13.1 Å². The van der Waals surface area contributed by atoms with Gasteiger partial charge in [-0.05, 0) is 36.1 Å². The molecule has 160 valence electrons. The minimum absolute atomic E-state index is 0.246. The van der Waals surface area contributed by atoms with Gasteiger partial charge in [-0.1, -0.05) is 60.1 Å². The van der Waals surface area contributed by atoms with Gasteiger partial charge in [0, 0.05) is 11.0 Å². The SMILES string of the molecule is CC(C)CCn1c(-c2ccc(Br)cc2F)nc2c1c(=O)[nH]c(=O)n2Cc1ccccc1. The second kappa shape index (κ2) is 8.63. The normalized spacial score (nSPS) is 11.5. The molecule has 2 heterocycles. The Hall–Kier alpha value is -3.00. The molecule has 0 saturated heterocycles. The van der Waals surface area contributed by atoms with Crippen LogP contribution in [0.3, 0.4) is 0 Å². The first-order valence-corrected chi connectivity index (χ1v) is 10.9. The highest BCUT2D eigenvalue weighted by Gasteiger charge is 2.22. The number of aromatic nitrogens is 4. The first-order valence-electron chi connectivity index (χ1n) is 10.1. The van der Waals surface area contributed by atoms with E-state index in [9.17, 15) is 14.0 Å². The summed E-state index contributed by atoms with van der Waals surface area (Å²) in [7, 11) is 0. The molecule has 31 heavy (non-hydrogen) atoms. The third-order valence-electron chi connectivity index (χ3n) is 5.17. The van der Waals surface area contributed by atoms with Crippen molar-refractivity contribution in [1.82, 2.24) is 19.1 Å². The lowest BCUT2D eigenvalue weighted by atomic mass is 10.1. The molecule has 0 bridgehead atoms. The highest BCUT2D eigenvalue weighted by atomic mass is 79.9. The Morgan fingerprint density at radius 3 is 2.52 bits per heavy atom. The number of nitrogens with one attached hydrogen (secondary N) is 1. The minimum Gasteiger partial charge on any atom is -0.318 e. The zero-order valence-corrected chi connectivity index (χ0v) is 18.8. The fourth-order valence-electron chi connectivity index (χ4n) is 3.57. The molecule has 2 aromatic carbocycles. The molecule has 0 spiro atoms. The smallest absolute Gasteiger partial charge is 0.318 e. The Balaban J connectivity index is 1.99. The number of aromatic amines is 1. The molecule has 4 rings (SSSR count). The van der Waals surface area contributed by atoms with Crippen molar-refractivity contribution in [3.8, 4) is 11.4 Å². The number of nitrogens with zero attached hydrogens (tertiary/aromatic N) is 3. The van der Waals surface area contributed by atoms with Crippen LogP contribution in [0, 0.1) is 11.7 Å². The van der Waals surface area contributed by atoms with Gasteiger partial charge in [-0.2, -0.15) is 0 Å². The van der Waals surface area contributed by atoms with Crippen molar-refractivity contribution in [2.45, 2.75) is 33.4 Å². The summed E-state index contributed by atoms with van der Waals surface area (Å²) in [5.74, 6) is 0.247. The van der Waals surface area contributed by atoms with E-state index in [0.29, 0.717) is 22.8 Å². The van der Waals surface area contributed by atoms with Crippen LogP contribution in [0.5, 0.6) is 0 Å². The predicted octanol–water partition coefficient (Wildman–Crippen LogP) is 4.55. The second-order valence-corrected chi connectivity index (χ2v) is 8.81. The number of hydrogen-bond acceptors (Lipinski definition) is 3. The minimum atomic E-state index is -0.544. The zero-order valence-electron chi connectivity index (χ0n) is 17.2. The van der Waals surface area contributed by atoms with Crippen molar-refractivity contribution < 1.29 is 4.39 Å². The van der Waals surface area contributed by atoms with Crippen molar-refractivity contribution in [2.24, 2.45) is 5.92 Å². The van der Waals surface area contributed by atoms with Crippen LogP contribution >= 0.6 is 15.9 Å². The monoisotopic (exact) mass is 484 g/mol. The molecule has 8 heteroatoms. The summed E-state index contributed by atoms with van der Waals surface area (Å²) in [6.45, 7) is 4.88. The highest BCUT2D eigenvalue weighted by Crippen LogP contribution is 2.28. The van der Waals surface area contributed by atoms with Gasteiger partial charge >= 0.3 is 5.69 Å². The topological polar surface area (TPSA) is 72.7 Å². The molecule has 0 unspecified atom stereocenters. The summed E-state index contributed by atoms with van der Waals surface area (Å²) in [6.07, 6.45) is 0.772. The average molecular weight is 485 g/mol. The van der Waals surface area contributed by atoms with Crippen LogP contribution in [0.2, 0.25) is 0 Å². The van der Waals surface area contributed by atoms with Crippen LogP contribution < -0.4 is 11.2 Å². The molecule has 0 aliphatic carbocycles. The fourth-order valence-corrected chi connectivity index (χ4v) is 3.90. The Morgan fingerprint density at radius 2 is 1.84 bits per heavy atom. The lowest BCUT2D eigenvalue weighted by Gasteiger charge is -2.11. The van der Waals surface area contributed by atoms with E-state index in [-0.39, 0.29) is 23.3 Å². The van der Waals surface area contributed by atoms with Crippen LogP contribution in [0.25, 0.3) is 22.6 Å². The van der Waals surface area contributed by atoms with Gasteiger partial charge in [-0.15, -0.1) is 0 Å². The third kappa shape index (κ3) is 4.25. The molecule has 0 amide bonds. The number of H-pyrrole nitrogens is 1. The Bertz CT molecular complexity index is 1360. The average Bonchev–Trinajstić information content (AvgIpc) is 3.10. The Kier molecular flexibility index (Phi) is 5.91. The Morgan fingerprint density at radius 1 is 1.10 bits per heavy atom. The molecule has 0 radical (unpaired) electrons. The fraction of sp³-hybridized carbons (Fsp3) is 0.261. The predicted molar refractivity (Wildman–Crippen MR) is 123 cm³/mol. The third-order valence-corrected chi connectivity index (χ3v) is 5.66. The zero-order chi connectivity index (χ0) is 22.1. The van der Waals surface area contributed by atoms with Crippen LogP contribution in [0.4, 0.5) is 4.39 Å². The van der Waals surface area contributed by atoms with Crippen LogP contribution in [0.15, 0.2) is 62.6 Å². The molecule has 4 aromatic rings. The van der Waals surface area contributed by atoms with Crippen LogP contribution in [-0.4, -0.2) is 19.1 Å². The second-order valence-electron chi connectivity index (χ2n) is 7.90. The largest absolute Gasteiger partial charge is 0.330 e. The number of halogens is 2. The lowest BCUT2D eigenvalue weighted by molar-refractivity contribution is 0.523. The Labute approximate surface area is 186 Å². The number of hydrogen-bond donors (Lipinski definition) is 1. The molecular weight excluding hydrogens is 463 g/mol. The molecule has 2 aromatic heterocycles. The lowest BCUT2D eigenvalue weighted by Crippen LogP contribution is -2.31. The maximum absolute atomic E-state index is 14.8. The maximum Gasteiger partial charge on any atom is 0.330 e. The molecule has 6 nitrogen and oxygen atoms in total. The van der Waals surface area contributed by atoms with Gasteiger partial charge < -0.3 is 4.57 Å². The van der Waals surface area contributed by atoms with E-state index < -0.39 is 17.1 Å². The molecular formula is C23H22BrFN4O2. The summed E-state index contributed by atoms with van der Waals surface area (Å²) in [5, 5.41) is 0. The number of aryl methyl sites for hydroxylation is 1. The number of imidazole rings is 1. The molecule has 0 fully saturated rings. The summed E-state index contributed by atoms with van der Waals surface area (Å²) in [6, 6.07) is 14.2. The van der Waals surface area contributed by atoms with Crippen LogP contribution in [0.1, 0.15) is 25.8 Å². The van der Waals surface area contributed by atoms with Crippen molar-refractivity contribution >= 4 is 27.1 Å². The van der Waals surface area contributed by atoms with Crippen molar-refractivity contribution in [2.75, 3.05) is 0 Å². The summed E-state index contributed by atoms with van der Waals surface area (Å²) in [5.41, 5.74) is 0.626. The van der Waals surface area contributed by atoms with Gasteiger partial charge in [0.1, 0.15) is 11.6 Å². The maximum atomic E-state index is 14.8.